The average Bonchev–Trinajstić information content (AvgIpc) is 3.37. The van der Waals surface area contributed by atoms with Crippen molar-refractivity contribution in [3.63, 3.8) is 0 Å². The highest BCUT2D eigenvalue weighted by molar-refractivity contribution is 6.28. The van der Waals surface area contributed by atoms with Gasteiger partial charge in [-0.2, -0.15) is 0 Å². The van der Waals surface area contributed by atoms with Crippen molar-refractivity contribution in [1.82, 2.24) is 15.5 Å². The molecular formula is C26H30ClN3O5. The van der Waals surface area contributed by atoms with Crippen LogP contribution in [0, 0.1) is 0 Å². The first-order chi connectivity index (χ1) is 16.9. The second-order valence-electron chi connectivity index (χ2n) is 8.47. The van der Waals surface area contributed by atoms with Crippen molar-refractivity contribution in [1.29, 1.82) is 0 Å². The van der Waals surface area contributed by atoms with Gasteiger partial charge in [-0.3, -0.25) is 14.4 Å². The Morgan fingerprint density at radius 2 is 1.63 bits per heavy atom. The molecule has 0 aliphatic carbocycles. The minimum atomic E-state index is -0.878. The molecular weight excluding hydrogens is 470 g/mol. The molecule has 1 aliphatic heterocycles. The van der Waals surface area contributed by atoms with Gasteiger partial charge in [0.2, 0.25) is 11.8 Å². The molecule has 35 heavy (non-hydrogen) atoms. The largest absolute Gasteiger partial charge is 0.445 e. The quantitative estimate of drug-likeness (QED) is 0.489. The Hall–Kier alpha value is -3.39. The lowest BCUT2D eigenvalue weighted by atomic mass is 10.0. The number of benzene rings is 2. The van der Waals surface area contributed by atoms with E-state index in [1.54, 1.807) is 6.92 Å². The van der Waals surface area contributed by atoms with Crippen molar-refractivity contribution in [2.45, 2.75) is 50.9 Å². The summed E-state index contributed by atoms with van der Waals surface area (Å²) in [4.78, 5) is 52.1. The minimum Gasteiger partial charge on any atom is -0.445 e. The van der Waals surface area contributed by atoms with Crippen LogP contribution < -0.4 is 10.6 Å². The molecule has 3 atom stereocenters. The number of carbonyl (C=O) groups excluding carboxylic acids is 4. The third-order valence-corrected chi connectivity index (χ3v) is 6.14. The van der Waals surface area contributed by atoms with E-state index in [1.807, 2.05) is 60.7 Å². The van der Waals surface area contributed by atoms with Crippen molar-refractivity contribution in [2.24, 2.45) is 0 Å². The summed E-state index contributed by atoms with van der Waals surface area (Å²) in [5.41, 5.74) is 1.72. The maximum absolute atomic E-state index is 13.1. The molecule has 0 saturated carbocycles. The van der Waals surface area contributed by atoms with Crippen LogP contribution in [0.4, 0.5) is 4.79 Å². The molecule has 3 amide bonds. The van der Waals surface area contributed by atoms with Gasteiger partial charge >= 0.3 is 6.09 Å². The number of hydrogen-bond donors (Lipinski definition) is 2. The molecule has 1 fully saturated rings. The topological polar surface area (TPSA) is 105 Å². The van der Waals surface area contributed by atoms with Gasteiger partial charge in [-0.1, -0.05) is 60.7 Å². The highest BCUT2D eigenvalue weighted by Crippen LogP contribution is 2.19. The van der Waals surface area contributed by atoms with Gasteiger partial charge in [-0.15, -0.1) is 11.6 Å². The number of halogens is 1. The van der Waals surface area contributed by atoms with Gasteiger partial charge in [0.25, 0.3) is 0 Å². The van der Waals surface area contributed by atoms with Crippen LogP contribution in [0.5, 0.6) is 0 Å². The lowest BCUT2D eigenvalue weighted by Crippen LogP contribution is -2.55. The average molecular weight is 500 g/mol. The maximum atomic E-state index is 13.1. The van der Waals surface area contributed by atoms with E-state index in [4.69, 9.17) is 16.3 Å². The van der Waals surface area contributed by atoms with E-state index in [2.05, 4.69) is 10.6 Å². The summed E-state index contributed by atoms with van der Waals surface area (Å²) in [5, 5.41) is 5.31. The van der Waals surface area contributed by atoms with E-state index in [-0.39, 0.29) is 24.2 Å². The first-order valence-electron chi connectivity index (χ1n) is 11.6. The summed E-state index contributed by atoms with van der Waals surface area (Å²) >= 11 is 5.77. The number of ketones is 1. The molecule has 2 aromatic rings. The summed E-state index contributed by atoms with van der Waals surface area (Å²) in [7, 11) is 0. The molecule has 3 unspecified atom stereocenters. The molecule has 0 spiro atoms. The zero-order valence-electron chi connectivity index (χ0n) is 19.6. The van der Waals surface area contributed by atoms with Crippen LogP contribution in [0.1, 0.15) is 30.9 Å². The molecule has 186 valence electrons. The number of Topliss-reactive ketones (excluding diaryl/α,β-unsaturated/α-hetero) is 1. The lowest BCUT2D eigenvalue weighted by molar-refractivity contribution is -0.140. The SMILES string of the molecule is CC(NC(=O)OCc1ccccc1)C(=O)N1CCCC1C(=O)NC(Cc1ccccc1)C(=O)CCl. The summed E-state index contributed by atoms with van der Waals surface area (Å²) in [6.45, 7) is 2.02. The number of nitrogens with one attached hydrogen (secondary N) is 2. The predicted octanol–water partition coefficient (Wildman–Crippen LogP) is 2.83. The van der Waals surface area contributed by atoms with Crippen LogP contribution in [-0.2, 0) is 32.1 Å². The van der Waals surface area contributed by atoms with Crippen molar-refractivity contribution in [3.8, 4) is 0 Å². The number of carbonyl (C=O) groups is 4. The molecule has 2 aromatic carbocycles. The number of alkyl halides is 1. The normalized spacial score (nSPS) is 16.7. The summed E-state index contributed by atoms with van der Waals surface area (Å²) in [6.07, 6.45) is 0.701. The van der Waals surface area contributed by atoms with Crippen LogP contribution in [0.15, 0.2) is 60.7 Å². The Kier molecular flexibility index (Phi) is 9.66. The fourth-order valence-corrected chi connectivity index (χ4v) is 4.20. The van der Waals surface area contributed by atoms with Gasteiger partial charge in [0.15, 0.2) is 5.78 Å². The Morgan fingerprint density at radius 3 is 2.26 bits per heavy atom. The number of nitrogens with zero attached hydrogens (tertiary/aromatic N) is 1. The first-order valence-corrected chi connectivity index (χ1v) is 12.1. The van der Waals surface area contributed by atoms with Gasteiger partial charge in [-0.25, -0.2) is 4.79 Å². The van der Waals surface area contributed by atoms with Crippen LogP contribution in [0.2, 0.25) is 0 Å². The molecule has 0 aromatic heterocycles. The van der Waals surface area contributed by atoms with E-state index in [0.717, 1.165) is 11.1 Å². The Labute approximate surface area is 210 Å². The number of likely N-dealkylation sites (tertiary alicyclic amines) is 1. The fraction of sp³-hybridized carbons (Fsp3) is 0.385. The van der Waals surface area contributed by atoms with E-state index < -0.39 is 30.1 Å². The van der Waals surface area contributed by atoms with Gasteiger partial charge in [0.05, 0.1) is 11.9 Å². The van der Waals surface area contributed by atoms with Gasteiger partial charge < -0.3 is 20.3 Å². The molecule has 1 saturated heterocycles. The monoisotopic (exact) mass is 499 g/mol. The second-order valence-corrected chi connectivity index (χ2v) is 8.74. The Morgan fingerprint density at radius 1 is 1.00 bits per heavy atom. The van der Waals surface area contributed by atoms with Gasteiger partial charge in [0.1, 0.15) is 18.7 Å². The molecule has 1 aliphatic rings. The highest BCUT2D eigenvalue weighted by atomic mass is 35.5. The minimum absolute atomic E-state index is 0.0831. The van der Waals surface area contributed by atoms with Crippen molar-refractivity contribution in [2.75, 3.05) is 12.4 Å². The molecule has 9 heteroatoms. The fourth-order valence-electron chi connectivity index (χ4n) is 4.01. The van der Waals surface area contributed by atoms with E-state index in [1.165, 1.54) is 4.90 Å². The standard InChI is InChI=1S/C26H30ClN3O5/c1-18(28-26(34)35-17-20-11-6-3-7-12-20)25(33)30-14-8-13-22(30)24(32)29-21(23(31)16-27)15-19-9-4-2-5-10-19/h2-7,9-12,18,21-22H,8,13-17H2,1H3,(H,28,34)(H,29,32). The molecule has 0 radical (unpaired) electrons. The maximum Gasteiger partial charge on any atom is 0.408 e. The third-order valence-electron chi connectivity index (χ3n) is 5.88. The van der Waals surface area contributed by atoms with Gasteiger partial charge in [-0.05, 0) is 37.3 Å². The summed E-state index contributed by atoms with van der Waals surface area (Å²) < 4.78 is 5.18. The van der Waals surface area contributed by atoms with Crippen LogP contribution >= 0.6 is 11.6 Å². The number of alkyl carbamates (subject to hydrolysis) is 1. The molecule has 0 bridgehead atoms. The molecule has 1 heterocycles. The number of ether oxygens (including phenoxy) is 1. The van der Waals surface area contributed by atoms with Crippen molar-refractivity contribution >= 4 is 35.3 Å². The zero-order valence-corrected chi connectivity index (χ0v) is 20.4. The highest BCUT2D eigenvalue weighted by Gasteiger charge is 2.37. The van der Waals surface area contributed by atoms with E-state index >= 15 is 0 Å². The number of rotatable bonds is 10. The van der Waals surface area contributed by atoms with Crippen molar-refractivity contribution in [3.05, 3.63) is 71.8 Å². The summed E-state index contributed by atoms with van der Waals surface area (Å²) in [5.74, 6) is -1.32. The molecule has 8 nitrogen and oxygen atoms in total. The van der Waals surface area contributed by atoms with Gasteiger partial charge in [0, 0.05) is 6.54 Å². The molecule has 3 rings (SSSR count). The van der Waals surface area contributed by atoms with E-state index in [0.29, 0.717) is 25.8 Å². The second kappa shape index (κ2) is 12.9. The lowest BCUT2D eigenvalue weighted by Gasteiger charge is -2.28. The van der Waals surface area contributed by atoms with Crippen LogP contribution in [0.25, 0.3) is 0 Å². The van der Waals surface area contributed by atoms with Crippen LogP contribution in [0.3, 0.4) is 0 Å². The smallest absolute Gasteiger partial charge is 0.408 e. The van der Waals surface area contributed by atoms with Crippen molar-refractivity contribution < 1.29 is 23.9 Å². The summed E-state index contributed by atoms with van der Waals surface area (Å²) in [6, 6.07) is 16.1. The first kappa shape index (κ1) is 26.2. The predicted molar refractivity (Wildman–Crippen MR) is 132 cm³/mol. The van der Waals surface area contributed by atoms with Crippen LogP contribution in [-0.4, -0.2) is 59.1 Å². The molecule has 2 N–H and O–H groups in total. The number of hydrogen-bond acceptors (Lipinski definition) is 5. The Bertz CT molecular complexity index is 1020. The Balaban J connectivity index is 1.57. The number of amides is 3. The zero-order chi connectivity index (χ0) is 25.2. The third kappa shape index (κ3) is 7.55. The van der Waals surface area contributed by atoms with E-state index in [9.17, 15) is 19.2 Å².